The van der Waals surface area contributed by atoms with E-state index < -0.39 is 0 Å². The summed E-state index contributed by atoms with van der Waals surface area (Å²) in [5.74, 6) is 0.622. The minimum Gasteiger partial charge on any atom is -0.469 e. The fourth-order valence-corrected chi connectivity index (χ4v) is 1.75. The predicted molar refractivity (Wildman–Crippen MR) is 83.9 cm³/mol. The molecule has 5 nitrogen and oxygen atoms in total. The summed E-state index contributed by atoms with van der Waals surface area (Å²) in [7, 11) is 3.42. The van der Waals surface area contributed by atoms with Gasteiger partial charge in [0, 0.05) is 20.1 Å². The molecule has 20 heavy (non-hydrogen) atoms. The number of allylic oxidation sites excluding steroid dienone is 1. The number of esters is 1. The third-order valence-corrected chi connectivity index (χ3v) is 2.90. The zero-order valence-corrected chi connectivity index (χ0v) is 13.2. The van der Waals surface area contributed by atoms with Crippen LogP contribution in [-0.4, -0.2) is 50.6 Å². The van der Waals surface area contributed by atoms with Gasteiger partial charge in [-0.15, -0.1) is 6.58 Å². The number of hydrogen-bond acceptors (Lipinski definition) is 3. The van der Waals surface area contributed by atoms with Crippen LogP contribution < -0.4 is 5.32 Å². The highest BCUT2D eigenvalue weighted by atomic mass is 16.5. The molecule has 0 unspecified atom stereocenters. The van der Waals surface area contributed by atoms with Crippen molar-refractivity contribution in [3.8, 4) is 0 Å². The highest BCUT2D eigenvalue weighted by molar-refractivity contribution is 5.80. The van der Waals surface area contributed by atoms with E-state index in [9.17, 15) is 4.79 Å². The van der Waals surface area contributed by atoms with E-state index >= 15 is 0 Å². The zero-order chi connectivity index (χ0) is 15.2. The second kappa shape index (κ2) is 12.5. The average Bonchev–Trinajstić information content (AvgIpc) is 2.45. The van der Waals surface area contributed by atoms with Crippen molar-refractivity contribution >= 4 is 11.9 Å². The monoisotopic (exact) mass is 283 g/mol. The highest BCUT2D eigenvalue weighted by Crippen LogP contribution is 2.01. The number of nitrogens with zero attached hydrogens (tertiary/aromatic N) is 2. The first kappa shape index (κ1) is 18.5. The minimum atomic E-state index is -0.225. The lowest BCUT2D eigenvalue weighted by molar-refractivity contribution is -0.140. The molecule has 0 aliphatic heterocycles. The molecule has 0 atom stereocenters. The number of carbonyl (C=O) groups is 1. The van der Waals surface area contributed by atoms with Gasteiger partial charge in [-0.1, -0.05) is 12.5 Å². The number of guanidine groups is 1. The first-order valence-electron chi connectivity index (χ1n) is 7.32. The maximum atomic E-state index is 11.1. The van der Waals surface area contributed by atoms with E-state index in [0.717, 1.165) is 31.9 Å². The Morgan fingerprint density at radius 1 is 1.40 bits per heavy atom. The van der Waals surface area contributed by atoms with Gasteiger partial charge in [0.25, 0.3) is 0 Å². The molecule has 5 heteroatoms. The molecule has 0 radical (unpaired) electrons. The van der Waals surface area contributed by atoms with E-state index in [4.69, 9.17) is 0 Å². The van der Waals surface area contributed by atoms with Gasteiger partial charge in [-0.3, -0.25) is 9.79 Å². The summed E-state index contributed by atoms with van der Waals surface area (Å²) in [6, 6.07) is 0. The van der Waals surface area contributed by atoms with Crippen LogP contribution in [0.2, 0.25) is 0 Å². The second-order valence-electron chi connectivity index (χ2n) is 4.62. The lowest BCUT2D eigenvalue weighted by atomic mass is 10.2. The molecule has 0 aromatic carbocycles. The fourth-order valence-electron chi connectivity index (χ4n) is 1.75. The molecule has 0 aromatic heterocycles. The van der Waals surface area contributed by atoms with Gasteiger partial charge in [-0.2, -0.15) is 0 Å². The van der Waals surface area contributed by atoms with Crippen molar-refractivity contribution in [2.75, 3.05) is 33.8 Å². The molecule has 0 bridgehead atoms. The maximum Gasteiger partial charge on any atom is 0.307 e. The average molecular weight is 283 g/mol. The molecule has 0 amide bonds. The number of unbranched alkanes of at least 4 members (excludes halogenated alkanes) is 3. The molecular formula is C15H29N3O2. The molecular weight excluding hydrogens is 254 g/mol. The van der Waals surface area contributed by atoms with E-state index in [1.54, 1.807) is 0 Å². The van der Waals surface area contributed by atoms with Gasteiger partial charge in [0.05, 0.1) is 20.1 Å². The predicted octanol–water partition coefficient (Wildman–Crippen LogP) is 2.19. The molecule has 0 saturated heterocycles. The summed E-state index contributed by atoms with van der Waals surface area (Å²) in [5.41, 5.74) is 0. The smallest absolute Gasteiger partial charge is 0.307 e. The third kappa shape index (κ3) is 9.42. The van der Waals surface area contributed by atoms with Crippen molar-refractivity contribution in [2.45, 2.75) is 39.0 Å². The number of rotatable bonds is 10. The van der Waals surface area contributed by atoms with E-state index in [-0.39, 0.29) is 5.97 Å². The van der Waals surface area contributed by atoms with Crippen LogP contribution in [-0.2, 0) is 9.53 Å². The Kier molecular flexibility index (Phi) is 11.6. The van der Waals surface area contributed by atoms with Gasteiger partial charge in [-0.25, -0.2) is 0 Å². The molecule has 116 valence electrons. The van der Waals surface area contributed by atoms with Gasteiger partial charge in [0.15, 0.2) is 5.96 Å². The minimum absolute atomic E-state index is 0.225. The van der Waals surface area contributed by atoms with Gasteiger partial charge >= 0.3 is 5.97 Å². The normalized spacial score (nSPS) is 11.1. The van der Waals surface area contributed by atoms with Crippen LogP contribution in [0.1, 0.15) is 39.0 Å². The number of hydrogen-bond donors (Lipinski definition) is 1. The van der Waals surface area contributed by atoms with E-state index in [1.807, 2.05) is 20.0 Å². The van der Waals surface area contributed by atoms with Crippen molar-refractivity contribution in [3.05, 3.63) is 12.7 Å². The van der Waals surface area contributed by atoms with Crippen LogP contribution in [0.4, 0.5) is 0 Å². The summed E-state index contributed by atoms with van der Waals surface area (Å²) in [6.45, 7) is 7.99. The van der Waals surface area contributed by atoms with Crippen LogP contribution in [0.25, 0.3) is 0 Å². The van der Waals surface area contributed by atoms with Gasteiger partial charge in [0.1, 0.15) is 0 Å². The molecule has 0 rings (SSSR count). The maximum absolute atomic E-state index is 11.1. The SMILES string of the molecule is C=CCCCCCN(C)C(=NCCC(=O)OC)NCC. The number of carbonyl (C=O) groups excluding carboxylic acids is 1. The molecule has 0 saturated carbocycles. The van der Waals surface area contributed by atoms with Crippen molar-refractivity contribution in [2.24, 2.45) is 4.99 Å². The third-order valence-electron chi connectivity index (χ3n) is 2.90. The Balaban J connectivity index is 4.10. The second-order valence-corrected chi connectivity index (χ2v) is 4.62. The largest absolute Gasteiger partial charge is 0.469 e. The Morgan fingerprint density at radius 3 is 2.75 bits per heavy atom. The quantitative estimate of drug-likeness (QED) is 0.219. The van der Waals surface area contributed by atoms with Crippen molar-refractivity contribution < 1.29 is 9.53 Å². The van der Waals surface area contributed by atoms with E-state index in [0.29, 0.717) is 13.0 Å². The van der Waals surface area contributed by atoms with Gasteiger partial charge < -0.3 is 15.0 Å². The Morgan fingerprint density at radius 2 is 2.15 bits per heavy atom. The molecule has 0 fully saturated rings. The van der Waals surface area contributed by atoms with Crippen LogP contribution >= 0.6 is 0 Å². The van der Waals surface area contributed by atoms with Crippen LogP contribution in [0.15, 0.2) is 17.6 Å². The molecule has 0 aliphatic carbocycles. The Labute approximate surface area is 123 Å². The zero-order valence-electron chi connectivity index (χ0n) is 13.2. The van der Waals surface area contributed by atoms with Crippen molar-refractivity contribution in [1.29, 1.82) is 0 Å². The van der Waals surface area contributed by atoms with Crippen LogP contribution in [0.3, 0.4) is 0 Å². The molecule has 0 heterocycles. The van der Waals surface area contributed by atoms with Crippen molar-refractivity contribution in [1.82, 2.24) is 10.2 Å². The van der Waals surface area contributed by atoms with Crippen LogP contribution in [0, 0.1) is 0 Å². The number of nitrogens with one attached hydrogen (secondary N) is 1. The molecule has 0 aromatic rings. The summed E-state index contributed by atoms with van der Waals surface area (Å²) in [6.07, 6.45) is 6.87. The number of methoxy groups -OCH3 is 1. The van der Waals surface area contributed by atoms with Gasteiger partial charge in [-0.05, 0) is 26.2 Å². The van der Waals surface area contributed by atoms with Gasteiger partial charge in [0.2, 0.25) is 0 Å². The molecule has 0 spiro atoms. The van der Waals surface area contributed by atoms with E-state index in [1.165, 1.54) is 20.0 Å². The molecule has 1 N–H and O–H groups in total. The van der Waals surface area contributed by atoms with E-state index in [2.05, 4.69) is 26.5 Å². The Bertz CT molecular complexity index is 303. The fraction of sp³-hybridized carbons (Fsp3) is 0.733. The summed E-state index contributed by atoms with van der Waals surface area (Å²) < 4.78 is 4.60. The topological polar surface area (TPSA) is 53.9 Å². The lowest BCUT2D eigenvalue weighted by Crippen LogP contribution is -2.39. The summed E-state index contributed by atoms with van der Waals surface area (Å²) in [4.78, 5) is 17.6. The first-order chi connectivity index (χ1) is 9.65. The highest BCUT2D eigenvalue weighted by Gasteiger charge is 2.05. The first-order valence-corrected chi connectivity index (χ1v) is 7.32. The van der Waals surface area contributed by atoms with Crippen molar-refractivity contribution in [3.63, 3.8) is 0 Å². The summed E-state index contributed by atoms with van der Waals surface area (Å²) in [5, 5.41) is 3.23. The number of ether oxygens (including phenoxy) is 1. The lowest BCUT2D eigenvalue weighted by Gasteiger charge is -2.22. The number of aliphatic imine (C=N–C) groups is 1. The summed E-state index contributed by atoms with van der Waals surface area (Å²) >= 11 is 0. The van der Waals surface area contributed by atoms with Crippen LogP contribution in [0.5, 0.6) is 0 Å². The molecule has 0 aliphatic rings. The Hall–Kier alpha value is -1.52. The standard InChI is InChI=1S/C15H29N3O2/c1-5-7-8-9-10-13-18(3)15(16-6-2)17-12-11-14(19)20-4/h5H,1,6-13H2,2-4H3,(H,16,17).